The molecule has 5 nitrogen and oxygen atoms in total. The van der Waals surface area contributed by atoms with Gasteiger partial charge in [-0.25, -0.2) is 0 Å². The SMILES string of the molecule is CN=C(N)c1ccc2cc(CC[C@@H]3CCCN3C(=O)CC3CCCC3)[nH]c2c1. The molecule has 5 heteroatoms. The number of nitrogens with zero attached hydrogens (tertiary/aromatic N) is 2. The predicted molar refractivity (Wildman–Crippen MR) is 115 cm³/mol. The van der Waals surface area contributed by atoms with Gasteiger partial charge in [-0.2, -0.15) is 0 Å². The Kier molecular flexibility index (Phi) is 5.69. The number of nitrogens with two attached hydrogens (primary N) is 1. The molecule has 0 radical (unpaired) electrons. The fourth-order valence-corrected chi connectivity index (χ4v) is 4.98. The minimum Gasteiger partial charge on any atom is -0.384 e. The third kappa shape index (κ3) is 4.08. The van der Waals surface area contributed by atoms with Crippen LogP contribution < -0.4 is 5.73 Å². The number of benzene rings is 1. The molecule has 3 N–H and O–H groups in total. The number of rotatable bonds is 6. The lowest BCUT2D eigenvalue weighted by Gasteiger charge is -2.26. The molecular formula is C23H32N4O. The zero-order chi connectivity index (χ0) is 19.5. The highest BCUT2D eigenvalue weighted by molar-refractivity contribution is 6.00. The summed E-state index contributed by atoms with van der Waals surface area (Å²) >= 11 is 0. The number of amides is 1. The fraction of sp³-hybridized carbons (Fsp3) is 0.565. The van der Waals surface area contributed by atoms with Gasteiger partial charge in [-0.15, -0.1) is 0 Å². The summed E-state index contributed by atoms with van der Waals surface area (Å²) < 4.78 is 0. The number of hydrogen-bond donors (Lipinski definition) is 2. The van der Waals surface area contributed by atoms with E-state index < -0.39 is 0 Å². The summed E-state index contributed by atoms with van der Waals surface area (Å²) in [7, 11) is 1.71. The van der Waals surface area contributed by atoms with E-state index in [1.165, 1.54) is 36.8 Å². The van der Waals surface area contributed by atoms with E-state index in [1.807, 2.05) is 6.07 Å². The van der Waals surface area contributed by atoms with E-state index in [1.54, 1.807) is 7.05 Å². The first-order chi connectivity index (χ1) is 13.6. The average molecular weight is 381 g/mol. The lowest BCUT2D eigenvalue weighted by Crippen LogP contribution is -2.36. The molecule has 0 bridgehead atoms. The van der Waals surface area contributed by atoms with Crippen molar-refractivity contribution >= 4 is 22.6 Å². The molecule has 0 unspecified atom stereocenters. The van der Waals surface area contributed by atoms with Crippen molar-refractivity contribution in [2.24, 2.45) is 16.6 Å². The lowest BCUT2D eigenvalue weighted by molar-refractivity contribution is -0.133. The molecule has 1 atom stereocenters. The lowest BCUT2D eigenvalue weighted by atomic mass is 10.0. The fourth-order valence-electron chi connectivity index (χ4n) is 4.98. The number of likely N-dealkylation sites (tertiary alicyclic amines) is 1. The number of aryl methyl sites for hydroxylation is 1. The summed E-state index contributed by atoms with van der Waals surface area (Å²) in [5.74, 6) is 1.58. The van der Waals surface area contributed by atoms with Gasteiger partial charge < -0.3 is 15.6 Å². The number of fused-ring (bicyclic) bond motifs is 1. The molecule has 1 amide bonds. The van der Waals surface area contributed by atoms with Gasteiger partial charge in [0, 0.05) is 42.8 Å². The Hall–Kier alpha value is -2.30. The van der Waals surface area contributed by atoms with Crippen molar-refractivity contribution in [3.63, 3.8) is 0 Å². The van der Waals surface area contributed by atoms with Crippen LogP contribution in [0, 0.1) is 5.92 Å². The second-order valence-electron chi connectivity index (χ2n) is 8.48. The van der Waals surface area contributed by atoms with Crippen LogP contribution in [-0.2, 0) is 11.2 Å². The Labute approximate surface area is 167 Å². The Bertz CT molecular complexity index is 863. The van der Waals surface area contributed by atoms with Gasteiger partial charge in [0.05, 0.1) is 0 Å². The van der Waals surface area contributed by atoms with E-state index in [2.05, 4.69) is 33.1 Å². The summed E-state index contributed by atoms with van der Waals surface area (Å²) in [6.45, 7) is 0.946. The van der Waals surface area contributed by atoms with Gasteiger partial charge in [0.1, 0.15) is 5.84 Å². The second kappa shape index (κ2) is 8.38. The number of carbonyl (C=O) groups excluding carboxylic acids is 1. The van der Waals surface area contributed by atoms with Crippen molar-refractivity contribution in [1.82, 2.24) is 9.88 Å². The van der Waals surface area contributed by atoms with Gasteiger partial charge in [0.15, 0.2) is 0 Å². The first-order valence-electron chi connectivity index (χ1n) is 10.8. The van der Waals surface area contributed by atoms with E-state index in [0.717, 1.165) is 49.7 Å². The van der Waals surface area contributed by atoms with Crippen LogP contribution in [0.5, 0.6) is 0 Å². The smallest absolute Gasteiger partial charge is 0.223 e. The Morgan fingerprint density at radius 2 is 2.04 bits per heavy atom. The van der Waals surface area contributed by atoms with Crippen LogP contribution in [0.2, 0.25) is 0 Å². The Morgan fingerprint density at radius 1 is 1.21 bits per heavy atom. The number of carbonyl (C=O) groups is 1. The van der Waals surface area contributed by atoms with Crippen LogP contribution >= 0.6 is 0 Å². The number of hydrogen-bond acceptors (Lipinski definition) is 2. The monoisotopic (exact) mass is 380 g/mol. The third-order valence-corrected chi connectivity index (χ3v) is 6.60. The summed E-state index contributed by atoms with van der Waals surface area (Å²) in [4.78, 5) is 22.6. The van der Waals surface area contributed by atoms with Crippen molar-refractivity contribution in [3.8, 4) is 0 Å². The van der Waals surface area contributed by atoms with E-state index in [9.17, 15) is 4.79 Å². The highest BCUT2D eigenvalue weighted by atomic mass is 16.2. The highest BCUT2D eigenvalue weighted by Gasteiger charge is 2.30. The van der Waals surface area contributed by atoms with Crippen LogP contribution in [0.4, 0.5) is 0 Å². The van der Waals surface area contributed by atoms with Gasteiger partial charge in [-0.05, 0) is 62.0 Å². The Morgan fingerprint density at radius 3 is 2.82 bits per heavy atom. The molecule has 1 aromatic carbocycles. The summed E-state index contributed by atoms with van der Waals surface area (Å²) in [5.41, 5.74) is 9.21. The van der Waals surface area contributed by atoms with Crippen LogP contribution in [0.15, 0.2) is 29.3 Å². The number of nitrogens with one attached hydrogen (secondary N) is 1. The maximum atomic E-state index is 12.8. The normalized spacial score (nSPS) is 21.1. The summed E-state index contributed by atoms with van der Waals surface area (Å²) in [6.07, 6.45) is 10.2. The topological polar surface area (TPSA) is 74.5 Å². The number of aromatic nitrogens is 1. The van der Waals surface area contributed by atoms with Crippen LogP contribution in [-0.4, -0.2) is 41.3 Å². The third-order valence-electron chi connectivity index (χ3n) is 6.60. The maximum absolute atomic E-state index is 12.8. The Balaban J connectivity index is 1.38. The predicted octanol–water partition coefficient (Wildman–Crippen LogP) is 4.01. The van der Waals surface area contributed by atoms with Gasteiger partial charge >= 0.3 is 0 Å². The van der Waals surface area contributed by atoms with E-state index in [-0.39, 0.29) is 0 Å². The molecule has 2 aromatic rings. The van der Waals surface area contributed by atoms with Crippen LogP contribution in [0.3, 0.4) is 0 Å². The zero-order valence-corrected chi connectivity index (χ0v) is 16.9. The number of aliphatic imine (C=N–C) groups is 1. The van der Waals surface area contributed by atoms with Crippen molar-refractivity contribution in [3.05, 3.63) is 35.5 Å². The molecule has 1 aliphatic carbocycles. The molecular weight excluding hydrogens is 348 g/mol. The van der Waals surface area contributed by atoms with E-state index >= 15 is 0 Å². The first kappa shape index (κ1) is 19.0. The molecule has 150 valence electrons. The largest absolute Gasteiger partial charge is 0.384 e. The molecule has 1 saturated heterocycles. The highest BCUT2D eigenvalue weighted by Crippen LogP contribution is 2.30. The van der Waals surface area contributed by atoms with E-state index in [0.29, 0.717) is 23.7 Å². The quantitative estimate of drug-likeness (QED) is 0.587. The molecule has 1 aromatic heterocycles. The van der Waals surface area contributed by atoms with Crippen molar-refractivity contribution in [2.45, 2.75) is 63.8 Å². The van der Waals surface area contributed by atoms with E-state index in [4.69, 9.17) is 5.73 Å². The minimum absolute atomic E-state index is 0.394. The number of H-pyrrole nitrogens is 1. The van der Waals surface area contributed by atoms with Crippen molar-refractivity contribution in [2.75, 3.05) is 13.6 Å². The minimum atomic E-state index is 0.394. The molecule has 2 heterocycles. The molecule has 28 heavy (non-hydrogen) atoms. The number of amidine groups is 1. The summed E-state index contributed by atoms with van der Waals surface area (Å²) in [6, 6.07) is 8.80. The molecule has 1 saturated carbocycles. The van der Waals surface area contributed by atoms with Crippen molar-refractivity contribution < 1.29 is 4.79 Å². The van der Waals surface area contributed by atoms with Gasteiger partial charge in [0.25, 0.3) is 0 Å². The summed E-state index contributed by atoms with van der Waals surface area (Å²) in [5, 5.41) is 1.20. The average Bonchev–Trinajstić information content (AvgIpc) is 3.44. The van der Waals surface area contributed by atoms with Gasteiger partial charge in [-0.3, -0.25) is 9.79 Å². The van der Waals surface area contributed by atoms with Crippen LogP contribution in [0.25, 0.3) is 10.9 Å². The van der Waals surface area contributed by atoms with Gasteiger partial charge in [0.2, 0.25) is 5.91 Å². The first-order valence-corrected chi connectivity index (χ1v) is 10.8. The van der Waals surface area contributed by atoms with Gasteiger partial charge in [-0.1, -0.05) is 25.0 Å². The molecule has 2 aliphatic rings. The molecule has 4 rings (SSSR count). The molecule has 2 fully saturated rings. The van der Waals surface area contributed by atoms with Crippen LogP contribution in [0.1, 0.15) is 62.6 Å². The van der Waals surface area contributed by atoms with Crippen molar-refractivity contribution in [1.29, 1.82) is 0 Å². The number of aromatic amines is 1. The molecule has 0 spiro atoms. The zero-order valence-electron chi connectivity index (χ0n) is 16.9. The second-order valence-corrected chi connectivity index (χ2v) is 8.48. The molecule has 1 aliphatic heterocycles. The maximum Gasteiger partial charge on any atom is 0.223 e. The standard InChI is InChI=1S/C23H32N4O/c1-25-23(24)18-9-8-17-14-19(26-21(17)15-18)10-11-20-7-4-12-27(20)22(28)13-16-5-2-3-6-16/h8-9,14-16,20,26H,2-7,10-13H2,1H3,(H2,24,25)/t20-/m0/s1.